The van der Waals surface area contributed by atoms with Gasteiger partial charge in [-0.15, -0.1) is 5.10 Å². The number of hydrogen-bond donors (Lipinski definition) is 0. The van der Waals surface area contributed by atoms with Crippen LogP contribution in [0.1, 0.15) is 5.69 Å². The van der Waals surface area contributed by atoms with E-state index in [2.05, 4.69) is 15.2 Å². The number of halogens is 1. The van der Waals surface area contributed by atoms with Crippen LogP contribution in [0.4, 0.5) is 0 Å². The van der Waals surface area contributed by atoms with Crippen LogP contribution in [-0.4, -0.2) is 19.7 Å². The number of hydrogen-bond acceptors (Lipinski definition) is 4. The number of para-hydroxylation sites is 1. The molecule has 0 unspecified atom stereocenters. The highest BCUT2D eigenvalue weighted by atomic mass is 35.5. The van der Waals surface area contributed by atoms with Gasteiger partial charge in [0, 0.05) is 0 Å². The van der Waals surface area contributed by atoms with Crippen molar-refractivity contribution in [2.24, 2.45) is 0 Å². The van der Waals surface area contributed by atoms with Crippen LogP contribution in [0.3, 0.4) is 0 Å². The van der Waals surface area contributed by atoms with E-state index in [9.17, 15) is 4.79 Å². The normalized spacial score (nSPS) is 10.8. The van der Waals surface area contributed by atoms with E-state index in [0.717, 1.165) is 0 Å². The van der Waals surface area contributed by atoms with Gasteiger partial charge in [-0.3, -0.25) is 9.36 Å². The predicted molar refractivity (Wildman–Crippen MR) is 72.1 cm³/mol. The molecule has 0 aliphatic carbocycles. The number of aromatic nitrogens is 4. The van der Waals surface area contributed by atoms with E-state index in [1.54, 1.807) is 18.2 Å². The first-order valence-corrected chi connectivity index (χ1v) is 6.04. The van der Waals surface area contributed by atoms with Crippen molar-refractivity contribution in [2.45, 2.75) is 6.54 Å². The molecule has 19 heavy (non-hydrogen) atoms. The van der Waals surface area contributed by atoms with Crippen LogP contribution in [0.2, 0.25) is 5.15 Å². The lowest BCUT2D eigenvalue weighted by Crippen LogP contribution is -2.21. The summed E-state index contributed by atoms with van der Waals surface area (Å²) in [6.07, 6.45) is 1.51. The quantitative estimate of drug-likeness (QED) is 0.715. The van der Waals surface area contributed by atoms with E-state index in [-0.39, 0.29) is 5.56 Å². The van der Waals surface area contributed by atoms with Crippen LogP contribution >= 0.6 is 11.6 Å². The molecule has 3 rings (SSSR count). The summed E-state index contributed by atoms with van der Waals surface area (Å²) in [6.45, 7) is 0.320. The maximum Gasteiger partial charge on any atom is 0.261 e. The van der Waals surface area contributed by atoms with Crippen molar-refractivity contribution in [2.75, 3.05) is 0 Å². The fourth-order valence-electron chi connectivity index (χ4n) is 1.82. The highest BCUT2D eigenvalue weighted by molar-refractivity contribution is 6.29. The van der Waals surface area contributed by atoms with E-state index in [4.69, 9.17) is 11.6 Å². The molecule has 0 aliphatic rings. The van der Waals surface area contributed by atoms with Gasteiger partial charge in [0.1, 0.15) is 0 Å². The highest BCUT2D eigenvalue weighted by Gasteiger charge is 2.05. The van der Waals surface area contributed by atoms with Crippen LogP contribution in [0.25, 0.3) is 10.9 Å². The summed E-state index contributed by atoms with van der Waals surface area (Å²) in [5, 5.41) is 8.59. The van der Waals surface area contributed by atoms with Gasteiger partial charge >= 0.3 is 0 Å². The smallest absolute Gasteiger partial charge is 0.261 e. The Balaban J connectivity index is 2.04. The van der Waals surface area contributed by atoms with Crippen molar-refractivity contribution < 1.29 is 0 Å². The first-order chi connectivity index (χ1) is 9.24. The zero-order valence-corrected chi connectivity index (χ0v) is 10.6. The van der Waals surface area contributed by atoms with Gasteiger partial charge < -0.3 is 0 Å². The Kier molecular flexibility index (Phi) is 2.97. The molecule has 0 amide bonds. The molecule has 2 heterocycles. The molecular formula is C13H9ClN4O. The van der Waals surface area contributed by atoms with Gasteiger partial charge in [-0.1, -0.05) is 23.7 Å². The SMILES string of the molecule is O=c1c2ccccc2ncn1Cc1ccc(Cl)nn1. The molecule has 3 aromatic rings. The number of nitrogens with zero attached hydrogens (tertiary/aromatic N) is 4. The van der Waals surface area contributed by atoms with E-state index >= 15 is 0 Å². The molecule has 94 valence electrons. The summed E-state index contributed by atoms with van der Waals surface area (Å²) in [5.74, 6) is 0. The van der Waals surface area contributed by atoms with E-state index in [1.165, 1.54) is 10.9 Å². The van der Waals surface area contributed by atoms with Gasteiger partial charge in [-0.2, -0.15) is 5.10 Å². The first kappa shape index (κ1) is 11.8. The second kappa shape index (κ2) is 4.78. The molecule has 0 fully saturated rings. The highest BCUT2D eigenvalue weighted by Crippen LogP contribution is 2.06. The van der Waals surface area contributed by atoms with Crippen LogP contribution < -0.4 is 5.56 Å². The molecule has 0 bridgehead atoms. The third-order valence-corrected chi connectivity index (χ3v) is 2.95. The van der Waals surface area contributed by atoms with Crippen LogP contribution in [0.5, 0.6) is 0 Å². The van der Waals surface area contributed by atoms with Crippen LogP contribution in [0, 0.1) is 0 Å². The molecule has 0 aliphatic heterocycles. The Morgan fingerprint density at radius 1 is 1.11 bits per heavy atom. The molecule has 0 saturated heterocycles. The number of rotatable bonds is 2. The predicted octanol–water partition coefficient (Wildman–Crippen LogP) is 1.89. The zero-order chi connectivity index (χ0) is 13.2. The summed E-state index contributed by atoms with van der Waals surface area (Å²) in [7, 11) is 0. The van der Waals surface area contributed by atoms with Crippen molar-refractivity contribution in [3.8, 4) is 0 Å². The Labute approximate surface area is 113 Å². The fraction of sp³-hybridized carbons (Fsp3) is 0.0769. The lowest BCUT2D eigenvalue weighted by molar-refractivity contribution is 0.715. The molecule has 5 nitrogen and oxygen atoms in total. The zero-order valence-electron chi connectivity index (χ0n) is 9.82. The van der Waals surface area contributed by atoms with E-state index in [1.807, 2.05) is 18.2 Å². The van der Waals surface area contributed by atoms with Crippen molar-refractivity contribution in [1.29, 1.82) is 0 Å². The minimum atomic E-state index is -0.0950. The van der Waals surface area contributed by atoms with Crippen molar-refractivity contribution in [3.05, 3.63) is 63.9 Å². The van der Waals surface area contributed by atoms with Gasteiger partial charge in [0.05, 0.1) is 29.5 Å². The summed E-state index contributed by atoms with van der Waals surface area (Å²) in [5.41, 5.74) is 1.25. The third kappa shape index (κ3) is 2.32. The maximum absolute atomic E-state index is 12.2. The molecule has 2 aromatic heterocycles. The summed E-state index contributed by atoms with van der Waals surface area (Å²) in [4.78, 5) is 16.5. The summed E-state index contributed by atoms with van der Waals surface area (Å²) in [6, 6.07) is 10.6. The Hall–Kier alpha value is -2.27. The topological polar surface area (TPSA) is 60.7 Å². The first-order valence-electron chi connectivity index (χ1n) is 5.66. The largest absolute Gasteiger partial charge is 0.293 e. The number of fused-ring (bicyclic) bond motifs is 1. The number of benzene rings is 1. The standard InChI is InChI=1S/C13H9ClN4O/c14-12-6-5-9(16-17-12)7-18-8-15-11-4-2-1-3-10(11)13(18)19/h1-6,8H,7H2. The van der Waals surface area contributed by atoms with Crippen molar-refractivity contribution in [1.82, 2.24) is 19.7 Å². The summed E-state index contributed by atoms with van der Waals surface area (Å²) < 4.78 is 1.50. The van der Waals surface area contributed by atoms with Crippen molar-refractivity contribution >= 4 is 22.5 Å². The van der Waals surface area contributed by atoms with Gasteiger partial charge in [0.15, 0.2) is 5.15 Å². The molecular weight excluding hydrogens is 264 g/mol. The van der Waals surface area contributed by atoms with Gasteiger partial charge in [0.25, 0.3) is 5.56 Å². The molecule has 0 saturated carbocycles. The molecule has 6 heteroatoms. The minimum Gasteiger partial charge on any atom is -0.293 e. The average molecular weight is 273 g/mol. The lowest BCUT2D eigenvalue weighted by Gasteiger charge is -2.05. The molecule has 0 radical (unpaired) electrons. The van der Waals surface area contributed by atoms with E-state index < -0.39 is 0 Å². The maximum atomic E-state index is 12.2. The molecule has 0 spiro atoms. The third-order valence-electron chi connectivity index (χ3n) is 2.75. The minimum absolute atomic E-state index is 0.0950. The lowest BCUT2D eigenvalue weighted by atomic mass is 10.2. The average Bonchev–Trinajstić information content (AvgIpc) is 2.45. The summed E-state index contributed by atoms with van der Waals surface area (Å²) >= 11 is 5.67. The Bertz CT molecular complexity index is 783. The molecule has 1 aromatic carbocycles. The Morgan fingerprint density at radius 2 is 1.95 bits per heavy atom. The van der Waals surface area contributed by atoms with Crippen molar-refractivity contribution in [3.63, 3.8) is 0 Å². The molecule has 0 atom stereocenters. The van der Waals surface area contributed by atoms with Gasteiger partial charge in [-0.05, 0) is 24.3 Å². The fourth-order valence-corrected chi connectivity index (χ4v) is 1.92. The van der Waals surface area contributed by atoms with Gasteiger partial charge in [0.2, 0.25) is 0 Å². The van der Waals surface area contributed by atoms with Gasteiger partial charge in [-0.25, -0.2) is 4.98 Å². The van der Waals surface area contributed by atoms with Crippen LogP contribution in [0.15, 0.2) is 47.5 Å². The van der Waals surface area contributed by atoms with E-state index in [0.29, 0.717) is 28.3 Å². The van der Waals surface area contributed by atoms with Crippen LogP contribution in [-0.2, 0) is 6.54 Å². The second-order valence-corrected chi connectivity index (χ2v) is 4.43. The Morgan fingerprint density at radius 3 is 2.74 bits per heavy atom. The molecule has 0 N–H and O–H groups in total. The second-order valence-electron chi connectivity index (χ2n) is 4.04. The monoisotopic (exact) mass is 272 g/mol.